The quantitative estimate of drug-likeness (QED) is 0.921. The van der Waals surface area contributed by atoms with Gasteiger partial charge in [0.05, 0.1) is 12.6 Å². The van der Waals surface area contributed by atoms with Crippen molar-refractivity contribution in [2.24, 2.45) is 0 Å². The predicted octanol–water partition coefficient (Wildman–Crippen LogP) is 1.82. The summed E-state index contributed by atoms with van der Waals surface area (Å²) in [5, 5.41) is 9.71. The number of hydrogen-bond acceptors (Lipinski definition) is 4. The summed E-state index contributed by atoms with van der Waals surface area (Å²) in [4.78, 5) is 7.56. The molecule has 0 bridgehead atoms. The molecule has 1 atom stereocenters. The number of hydrogen-bond donors (Lipinski definition) is 1. The number of aliphatic hydroxyl groups is 1. The maximum Gasteiger partial charge on any atom is 0.401 e. The van der Waals surface area contributed by atoms with Crippen LogP contribution in [-0.4, -0.2) is 53.9 Å². The summed E-state index contributed by atoms with van der Waals surface area (Å²) < 4.78 is 37.0. The summed E-state index contributed by atoms with van der Waals surface area (Å²) in [7, 11) is 0. The fraction of sp³-hybridized carbons (Fsp3) is 0.615. The number of piperazine rings is 1. The van der Waals surface area contributed by atoms with E-state index in [4.69, 9.17) is 0 Å². The van der Waals surface area contributed by atoms with Crippen LogP contribution in [0.15, 0.2) is 18.3 Å². The summed E-state index contributed by atoms with van der Waals surface area (Å²) in [6, 6.07) is 3.53. The van der Waals surface area contributed by atoms with Crippen molar-refractivity contribution in [2.45, 2.75) is 19.2 Å². The van der Waals surface area contributed by atoms with Crippen LogP contribution in [0.2, 0.25) is 0 Å². The molecule has 7 heteroatoms. The van der Waals surface area contributed by atoms with Gasteiger partial charge in [-0.25, -0.2) is 4.98 Å². The molecule has 1 aromatic heterocycles. The number of rotatable bonds is 3. The van der Waals surface area contributed by atoms with Crippen molar-refractivity contribution in [1.29, 1.82) is 0 Å². The van der Waals surface area contributed by atoms with Crippen molar-refractivity contribution in [3.8, 4) is 0 Å². The SMILES string of the molecule is C[C@@H](O)c1cccnc1N1CCN(CC(F)(F)F)CC1. The molecule has 1 aromatic rings. The zero-order valence-electron chi connectivity index (χ0n) is 11.3. The topological polar surface area (TPSA) is 39.6 Å². The first-order chi connectivity index (χ1) is 9.37. The van der Waals surface area contributed by atoms with E-state index in [9.17, 15) is 18.3 Å². The molecule has 1 saturated heterocycles. The highest BCUT2D eigenvalue weighted by atomic mass is 19.4. The minimum Gasteiger partial charge on any atom is -0.389 e. The van der Waals surface area contributed by atoms with Crippen LogP contribution < -0.4 is 4.90 Å². The molecule has 0 unspecified atom stereocenters. The fourth-order valence-corrected chi connectivity index (χ4v) is 2.37. The van der Waals surface area contributed by atoms with Crippen molar-refractivity contribution in [3.63, 3.8) is 0 Å². The van der Waals surface area contributed by atoms with E-state index in [-0.39, 0.29) is 0 Å². The molecule has 4 nitrogen and oxygen atoms in total. The molecule has 0 aliphatic carbocycles. The summed E-state index contributed by atoms with van der Waals surface area (Å²) in [5.74, 6) is 0.661. The van der Waals surface area contributed by atoms with Gasteiger partial charge in [-0.3, -0.25) is 4.90 Å². The normalized spacial score (nSPS) is 19.1. The average molecular weight is 289 g/mol. The average Bonchev–Trinajstić information content (AvgIpc) is 2.38. The lowest BCUT2D eigenvalue weighted by Crippen LogP contribution is -2.49. The second kappa shape index (κ2) is 5.97. The minimum absolute atomic E-state index is 0.343. The van der Waals surface area contributed by atoms with Crippen LogP contribution >= 0.6 is 0 Å². The van der Waals surface area contributed by atoms with Gasteiger partial charge in [-0.2, -0.15) is 13.2 Å². The molecule has 2 heterocycles. The third kappa shape index (κ3) is 3.83. The lowest BCUT2D eigenvalue weighted by atomic mass is 10.1. The second-order valence-corrected chi connectivity index (χ2v) is 4.97. The highest BCUT2D eigenvalue weighted by molar-refractivity contribution is 5.48. The van der Waals surface area contributed by atoms with Gasteiger partial charge in [0.15, 0.2) is 0 Å². The Morgan fingerprint density at radius 2 is 1.95 bits per heavy atom. The number of anilines is 1. The number of aromatic nitrogens is 1. The van der Waals surface area contributed by atoms with E-state index in [1.807, 2.05) is 4.90 Å². The summed E-state index contributed by atoms with van der Waals surface area (Å²) in [6.45, 7) is 2.43. The van der Waals surface area contributed by atoms with E-state index < -0.39 is 18.8 Å². The number of pyridine rings is 1. The first-order valence-electron chi connectivity index (χ1n) is 6.54. The first kappa shape index (κ1) is 15.1. The van der Waals surface area contributed by atoms with E-state index in [0.717, 1.165) is 0 Å². The van der Waals surface area contributed by atoms with Gasteiger partial charge in [0.2, 0.25) is 0 Å². The Hall–Kier alpha value is -1.34. The maximum absolute atomic E-state index is 12.3. The Kier molecular flexibility index (Phi) is 4.49. The van der Waals surface area contributed by atoms with Gasteiger partial charge in [0.1, 0.15) is 5.82 Å². The summed E-state index contributed by atoms with van der Waals surface area (Å²) in [6.07, 6.45) is -3.17. The van der Waals surface area contributed by atoms with Crippen molar-refractivity contribution in [1.82, 2.24) is 9.88 Å². The summed E-state index contributed by atoms with van der Waals surface area (Å²) >= 11 is 0. The van der Waals surface area contributed by atoms with E-state index >= 15 is 0 Å². The lowest BCUT2D eigenvalue weighted by molar-refractivity contribution is -0.146. The maximum atomic E-state index is 12.3. The molecular weight excluding hydrogens is 271 g/mol. The molecule has 0 spiro atoms. The van der Waals surface area contributed by atoms with Gasteiger partial charge in [-0.15, -0.1) is 0 Å². The molecule has 0 aromatic carbocycles. The van der Waals surface area contributed by atoms with Gasteiger partial charge in [-0.05, 0) is 13.0 Å². The Labute approximate surface area is 115 Å². The second-order valence-electron chi connectivity index (χ2n) is 4.97. The molecule has 20 heavy (non-hydrogen) atoms. The van der Waals surface area contributed by atoms with Crippen molar-refractivity contribution in [3.05, 3.63) is 23.9 Å². The van der Waals surface area contributed by atoms with Crippen LogP contribution in [0.1, 0.15) is 18.6 Å². The number of halogens is 3. The summed E-state index contributed by atoms with van der Waals surface area (Å²) in [5.41, 5.74) is 0.705. The minimum atomic E-state index is -4.15. The van der Waals surface area contributed by atoms with Crippen LogP contribution in [0.3, 0.4) is 0 Å². The monoisotopic (exact) mass is 289 g/mol. The zero-order valence-corrected chi connectivity index (χ0v) is 11.3. The number of aliphatic hydroxyl groups excluding tert-OH is 1. The highest BCUT2D eigenvalue weighted by Gasteiger charge is 2.32. The molecule has 0 saturated carbocycles. The fourth-order valence-electron chi connectivity index (χ4n) is 2.37. The highest BCUT2D eigenvalue weighted by Crippen LogP contribution is 2.25. The van der Waals surface area contributed by atoms with Crippen LogP contribution in [0.5, 0.6) is 0 Å². The number of nitrogens with zero attached hydrogens (tertiary/aromatic N) is 3. The van der Waals surface area contributed by atoms with Crippen LogP contribution in [-0.2, 0) is 0 Å². The smallest absolute Gasteiger partial charge is 0.389 e. The molecule has 1 aliphatic rings. The van der Waals surface area contributed by atoms with E-state index in [1.54, 1.807) is 25.3 Å². The molecule has 1 aliphatic heterocycles. The molecule has 2 rings (SSSR count). The molecule has 1 fully saturated rings. The first-order valence-corrected chi connectivity index (χ1v) is 6.54. The Bertz CT molecular complexity index is 443. The van der Waals surface area contributed by atoms with E-state index in [0.29, 0.717) is 37.6 Å². The number of alkyl halides is 3. The third-order valence-electron chi connectivity index (χ3n) is 3.34. The van der Waals surface area contributed by atoms with Crippen LogP contribution in [0.25, 0.3) is 0 Å². The zero-order chi connectivity index (χ0) is 14.8. The van der Waals surface area contributed by atoms with Crippen molar-refractivity contribution < 1.29 is 18.3 Å². The van der Waals surface area contributed by atoms with Crippen LogP contribution in [0.4, 0.5) is 19.0 Å². The Morgan fingerprint density at radius 3 is 2.50 bits per heavy atom. The lowest BCUT2D eigenvalue weighted by Gasteiger charge is -2.36. The van der Waals surface area contributed by atoms with E-state index in [2.05, 4.69) is 4.98 Å². The van der Waals surface area contributed by atoms with Crippen molar-refractivity contribution >= 4 is 5.82 Å². The standard InChI is InChI=1S/C13H18F3N3O/c1-10(20)11-3-2-4-17-12(11)19-7-5-18(6-8-19)9-13(14,15)16/h2-4,10,20H,5-9H2,1H3/t10-/m1/s1. The van der Waals surface area contributed by atoms with E-state index in [1.165, 1.54) is 4.90 Å². The Morgan fingerprint density at radius 1 is 1.30 bits per heavy atom. The largest absolute Gasteiger partial charge is 0.401 e. The van der Waals surface area contributed by atoms with Gasteiger partial charge in [0, 0.05) is 37.9 Å². The van der Waals surface area contributed by atoms with Gasteiger partial charge < -0.3 is 10.0 Å². The Balaban J connectivity index is 2.01. The molecular formula is C13H18F3N3O. The van der Waals surface area contributed by atoms with Crippen molar-refractivity contribution in [2.75, 3.05) is 37.6 Å². The van der Waals surface area contributed by atoms with Gasteiger partial charge >= 0.3 is 6.18 Å². The molecule has 112 valence electrons. The van der Waals surface area contributed by atoms with Gasteiger partial charge in [-0.1, -0.05) is 6.07 Å². The molecule has 0 amide bonds. The third-order valence-corrected chi connectivity index (χ3v) is 3.34. The predicted molar refractivity (Wildman–Crippen MR) is 69.6 cm³/mol. The van der Waals surface area contributed by atoms with Gasteiger partial charge in [0.25, 0.3) is 0 Å². The van der Waals surface area contributed by atoms with Crippen LogP contribution in [0, 0.1) is 0 Å². The molecule has 0 radical (unpaired) electrons. The molecule has 1 N–H and O–H groups in total.